The molecular formula is C6H8N2OS. The van der Waals surface area contributed by atoms with E-state index in [-0.39, 0.29) is 0 Å². The lowest BCUT2D eigenvalue weighted by Gasteiger charge is -1.87. The van der Waals surface area contributed by atoms with Crippen LogP contribution in [0.1, 0.15) is 18.0 Å². The lowest BCUT2D eigenvalue weighted by Crippen LogP contribution is -1.88. The molecule has 0 bridgehead atoms. The van der Waals surface area contributed by atoms with Crippen LogP contribution in [0.25, 0.3) is 0 Å². The van der Waals surface area contributed by atoms with Crippen molar-refractivity contribution >= 4 is 11.5 Å². The largest absolute Gasteiger partial charge is 0.396 e. The third kappa shape index (κ3) is 0.932. The maximum atomic E-state index is 8.73. The molecular weight excluding hydrogens is 148 g/mol. The topological polar surface area (TPSA) is 46.0 Å². The van der Waals surface area contributed by atoms with E-state index >= 15 is 0 Å². The molecule has 1 saturated carbocycles. The van der Waals surface area contributed by atoms with Gasteiger partial charge in [-0.25, -0.2) is 0 Å². The predicted octanol–water partition coefficient (Wildman–Crippen LogP) is 0.634. The number of rotatable bonds is 2. The van der Waals surface area contributed by atoms with Gasteiger partial charge in [-0.15, -0.1) is 5.10 Å². The quantitative estimate of drug-likeness (QED) is 0.683. The standard InChI is InChI=1S/C6H8N2OS/c9-2-4-1-5(4)6-3-10-8-7-6/h3-5,9H,1-2H2. The molecule has 0 aliphatic heterocycles. The first-order valence-electron chi connectivity index (χ1n) is 3.29. The summed E-state index contributed by atoms with van der Waals surface area (Å²) in [6, 6.07) is 0. The van der Waals surface area contributed by atoms with E-state index in [0.29, 0.717) is 18.4 Å². The van der Waals surface area contributed by atoms with Gasteiger partial charge in [0.15, 0.2) is 0 Å². The van der Waals surface area contributed by atoms with Crippen molar-refractivity contribution in [2.45, 2.75) is 12.3 Å². The third-order valence-electron chi connectivity index (χ3n) is 1.91. The molecule has 1 fully saturated rings. The Hall–Kier alpha value is -0.480. The molecule has 0 radical (unpaired) electrons. The minimum absolute atomic E-state index is 0.294. The lowest BCUT2D eigenvalue weighted by molar-refractivity contribution is 0.273. The zero-order valence-electron chi connectivity index (χ0n) is 5.40. The molecule has 10 heavy (non-hydrogen) atoms. The summed E-state index contributed by atoms with van der Waals surface area (Å²) in [7, 11) is 0. The Morgan fingerprint density at radius 1 is 1.80 bits per heavy atom. The van der Waals surface area contributed by atoms with Crippen molar-refractivity contribution in [3.63, 3.8) is 0 Å². The van der Waals surface area contributed by atoms with E-state index in [9.17, 15) is 0 Å². The van der Waals surface area contributed by atoms with Crippen LogP contribution in [-0.2, 0) is 0 Å². The molecule has 0 amide bonds. The molecule has 3 nitrogen and oxygen atoms in total. The predicted molar refractivity (Wildman–Crippen MR) is 37.8 cm³/mol. The monoisotopic (exact) mass is 156 g/mol. The SMILES string of the molecule is OCC1CC1c1csnn1. The number of aliphatic hydroxyl groups excluding tert-OH is 1. The van der Waals surface area contributed by atoms with E-state index in [1.807, 2.05) is 5.38 Å². The van der Waals surface area contributed by atoms with Crippen molar-refractivity contribution in [3.8, 4) is 0 Å². The molecule has 1 aromatic heterocycles. The van der Waals surface area contributed by atoms with Crippen molar-refractivity contribution in [2.24, 2.45) is 5.92 Å². The van der Waals surface area contributed by atoms with Gasteiger partial charge in [0.2, 0.25) is 0 Å². The normalized spacial score (nSPS) is 30.5. The highest BCUT2D eigenvalue weighted by Crippen LogP contribution is 2.46. The van der Waals surface area contributed by atoms with Crippen LogP contribution in [0.5, 0.6) is 0 Å². The lowest BCUT2D eigenvalue weighted by atomic mass is 10.3. The second-order valence-electron chi connectivity index (χ2n) is 2.61. The Bertz CT molecular complexity index is 212. The maximum Gasteiger partial charge on any atom is 0.0790 e. The van der Waals surface area contributed by atoms with E-state index in [1.54, 1.807) is 0 Å². The Kier molecular flexibility index (Phi) is 1.43. The van der Waals surface area contributed by atoms with Crippen LogP contribution in [0.3, 0.4) is 0 Å². The van der Waals surface area contributed by atoms with Crippen LogP contribution >= 0.6 is 11.5 Å². The fraction of sp³-hybridized carbons (Fsp3) is 0.667. The van der Waals surface area contributed by atoms with Gasteiger partial charge in [-0.2, -0.15) is 0 Å². The summed E-state index contributed by atoms with van der Waals surface area (Å²) >= 11 is 1.38. The Morgan fingerprint density at radius 3 is 3.20 bits per heavy atom. The fourth-order valence-electron chi connectivity index (χ4n) is 1.15. The highest BCUT2D eigenvalue weighted by atomic mass is 32.1. The fourth-order valence-corrected chi connectivity index (χ4v) is 1.66. The van der Waals surface area contributed by atoms with E-state index in [4.69, 9.17) is 5.11 Å². The molecule has 54 valence electrons. The molecule has 2 unspecified atom stereocenters. The van der Waals surface area contributed by atoms with Crippen LogP contribution in [0, 0.1) is 5.92 Å². The third-order valence-corrected chi connectivity index (χ3v) is 2.44. The van der Waals surface area contributed by atoms with Crippen LogP contribution in [0.15, 0.2) is 5.38 Å². The molecule has 2 rings (SSSR count). The van der Waals surface area contributed by atoms with Gasteiger partial charge in [-0.3, -0.25) is 0 Å². The summed E-state index contributed by atoms with van der Waals surface area (Å²) in [6.45, 7) is 0.294. The molecule has 0 saturated heterocycles. The Labute approximate surface area is 62.9 Å². The summed E-state index contributed by atoms with van der Waals surface area (Å²) < 4.78 is 3.76. The average Bonchev–Trinajstić information content (AvgIpc) is 2.56. The first-order valence-corrected chi connectivity index (χ1v) is 4.13. The second-order valence-corrected chi connectivity index (χ2v) is 3.22. The van der Waals surface area contributed by atoms with Crippen LogP contribution in [-0.4, -0.2) is 21.3 Å². The highest BCUT2D eigenvalue weighted by molar-refractivity contribution is 7.03. The van der Waals surface area contributed by atoms with Crippen molar-refractivity contribution in [3.05, 3.63) is 11.1 Å². The molecule has 1 heterocycles. The van der Waals surface area contributed by atoms with Crippen molar-refractivity contribution in [1.29, 1.82) is 0 Å². The summed E-state index contributed by atoms with van der Waals surface area (Å²) in [5.74, 6) is 0.965. The molecule has 2 atom stereocenters. The van der Waals surface area contributed by atoms with E-state index in [1.165, 1.54) is 11.5 Å². The Morgan fingerprint density at radius 2 is 2.70 bits per heavy atom. The van der Waals surface area contributed by atoms with Gasteiger partial charge in [0, 0.05) is 17.9 Å². The van der Waals surface area contributed by atoms with Crippen molar-refractivity contribution in [2.75, 3.05) is 6.61 Å². The van der Waals surface area contributed by atoms with E-state index < -0.39 is 0 Å². The first kappa shape index (κ1) is 6.24. The molecule has 0 spiro atoms. The summed E-state index contributed by atoms with van der Waals surface area (Å²) in [5, 5.41) is 14.6. The van der Waals surface area contributed by atoms with Crippen LogP contribution in [0.4, 0.5) is 0 Å². The van der Waals surface area contributed by atoms with E-state index in [0.717, 1.165) is 12.1 Å². The Balaban J connectivity index is 2.05. The molecule has 1 aromatic rings. The molecule has 1 aliphatic carbocycles. The second kappa shape index (κ2) is 2.29. The van der Waals surface area contributed by atoms with Gasteiger partial charge < -0.3 is 5.11 Å². The van der Waals surface area contributed by atoms with Crippen LogP contribution in [0.2, 0.25) is 0 Å². The number of hydrogen-bond donors (Lipinski definition) is 1. The number of hydrogen-bond acceptors (Lipinski definition) is 4. The van der Waals surface area contributed by atoms with Crippen molar-refractivity contribution < 1.29 is 5.11 Å². The number of aromatic nitrogens is 2. The summed E-state index contributed by atoms with van der Waals surface area (Å²) in [6.07, 6.45) is 1.09. The maximum absolute atomic E-state index is 8.73. The zero-order valence-corrected chi connectivity index (χ0v) is 6.21. The minimum atomic E-state index is 0.294. The number of aliphatic hydroxyl groups is 1. The van der Waals surface area contributed by atoms with Gasteiger partial charge >= 0.3 is 0 Å². The zero-order chi connectivity index (χ0) is 6.97. The van der Waals surface area contributed by atoms with E-state index in [2.05, 4.69) is 9.59 Å². The molecule has 1 aliphatic rings. The van der Waals surface area contributed by atoms with Gasteiger partial charge in [0.25, 0.3) is 0 Å². The molecule has 1 N–H and O–H groups in total. The van der Waals surface area contributed by atoms with Gasteiger partial charge in [0.05, 0.1) is 5.69 Å². The molecule has 4 heteroatoms. The summed E-state index contributed by atoms with van der Waals surface area (Å²) in [5.41, 5.74) is 1.06. The number of nitrogens with zero attached hydrogens (tertiary/aromatic N) is 2. The average molecular weight is 156 g/mol. The van der Waals surface area contributed by atoms with Crippen LogP contribution < -0.4 is 0 Å². The highest BCUT2D eigenvalue weighted by Gasteiger charge is 2.39. The van der Waals surface area contributed by atoms with Gasteiger partial charge in [0.1, 0.15) is 0 Å². The smallest absolute Gasteiger partial charge is 0.0790 e. The van der Waals surface area contributed by atoms with Gasteiger partial charge in [-0.05, 0) is 23.9 Å². The van der Waals surface area contributed by atoms with Gasteiger partial charge in [-0.1, -0.05) is 4.49 Å². The van der Waals surface area contributed by atoms with Crippen molar-refractivity contribution in [1.82, 2.24) is 9.59 Å². The minimum Gasteiger partial charge on any atom is -0.396 e. The first-order chi connectivity index (χ1) is 4.92. The molecule has 0 aromatic carbocycles. The summed E-state index contributed by atoms with van der Waals surface area (Å²) in [4.78, 5) is 0.